The van der Waals surface area contributed by atoms with Gasteiger partial charge in [0.05, 0.1) is 5.92 Å². The van der Waals surface area contributed by atoms with Crippen LogP contribution in [-0.4, -0.2) is 47.8 Å². The number of hydrogen-bond donors (Lipinski definition) is 1. The first-order valence-corrected chi connectivity index (χ1v) is 8.98. The molecule has 0 spiro atoms. The Bertz CT molecular complexity index is 916. The Labute approximate surface area is 163 Å². The molecule has 2 aromatic carbocycles. The maximum atomic E-state index is 12.9. The standard InChI is InChI=1S/C19H17ClF3NO4/c20-15-8-14(17(26)13-6-2-1-5-12(13)15)18(27)28-10-16(25)24-7-3-4-11(9-24)19(21,22)23/h1-2,5-6,8,11,26H,3-4,7,9-10H2. The molecule has 1 fully saturated rings. The van der Waals surface area contributed by atoms with Crippen molar-refractivity contribution in [1.29, 1.82) is 0 Å². The predicted octanol–water partition coefficient (Wildman–Crippen LogP) is 4.16. The molecule has 0 aliphatic carbocycles. The summed E-state index contributed by atoms with van der Waals surface area (Å²) in [5, 5.41) is 11.4. The molecule has 150 valence electrons. The van der Waals surface area contributed by atoms with Crippen molar-refractivity contribution in [3.8, 4) is 5.75 Å². The number of phenolic OH excluding ortho intramolecular Hbond substituents is 1. The summed E-state index contributed by atoms with van der Waals surface area (Å²) in [6.07, 6.45) is -4.18. The van der Waals surface area contributed by atoms with Crippen LogP contribution in [-0.2, 0) is 9.53 Å². The number of alkyl halides is 3. The van der Waals surface area contributed by atoms with Gasteiger partial charge in [-0.3, -0.25) is 4.79 Å². The lowest BCUT2D eigenvalue weighted by Crippen LogP contribution is -2.46. The Morgan fingerprint density at radius 3 is 2.61 bits per heavy atom. The normalized spacial score (nSPS) is 17.6. The van der Waals surface area contributed by atoms with E-state index < -0.39 is 37.1 Å². The topological polar surface area (TPSA) is 66.8 Å². The van der Waals surface area contributed by atoms with Gasteiger partial charge in [0.25, 0.3) is 5.91 Å². The summed E-state index contributed by atoms with van der Waals surface area (Å²) >= 11 is 6.12. The molecule has 5 nitrogen and oxygen atoms in total. The predicted molar refractivity (Wildman–Crippen MR) is 96.3 cm³/mol. The van der Waals surface area contributed by atoms with E-state index in [0.717, 1.165) is 4.90 Å². The van der Waals surface area contributed by atoms with Gasteiger partial charge in [0.15, 0.2) is 6.61 Å². The second-order valence-electron chi connectivity index (χ2n) is 6.60. The fraction of sp³-hybridized carbons (Fsp3) is 0.368. The van der Waals surface area contributed by atoms with Gasteiger partial charge in [-0.15, -0.1) is 0 Å². The third-order valence-electron chi connectivity index (χ3n) is 4.75. The number of hydrogen-bond acceptors (Lipinski definition) is 4. The summed E-state index contributed by atoms with van der Waals surface area (Å²) in [6.45, 7) is -0.990. The lowest BCUT2D eigenvalue weighted by molar-refractivity contribution is -0.188. The lowest BCUT2D eigenvalue weighted by atomic mass is 9.97. The van der Waals surface area contributed by atoms with Gasteiger partial charge in [0.1, 0.15) is 11.3 Å². The average Bonchev–Trinajstić information content (AvgIpc) is 2.68. The molecule has 1 aliphatic rings. The van der Waals surface area contributed by atoms with E-state index in [9.17, 15) is 27.9 Å². The number of phenols is 1. The van der Waals surface area contributed by atoms with Crippen LogP contribution in [0.3, 0.4) is 0 Å². The van der Waals surface area contributed by atoms with Gasteiger partial charge in [0.2, 0.25) is 0 Å². The second kappa shape index (κ2) is 7.87. The highest BCUT2D eigenvalue weighted by Crippen LogP contribution is 2.35. The molecule has 0 bridgehead atoms. The zero-order chi connectivity index (χ0) is 20.5. The van der Waals surface area contributed by atoms with E-state index in [1.165, 1.54) is 6.07 Å². The number of amides is 1. The van der Waals surface area contributed by atoms with Gasteiger partial charge in [0, 0.05) is 28.9 Å². The minimum absolute atomic E-state index is 0.0312. The number of esters is 1. The highest BCUT2D eigenvalue weighted by atomic mass is 35.5. The number of ether oxygens (including phenoxy) is 1. The summed E-state index contributed by atoms with van der Waals surface area (Å²) in [6, 6.07) is 7.85. The first-order chi connectivity index (χ1) is 13.2. The number of piperidine rings is 1. The minimum Gasteiger partial charge on any atom is -0.506 e. The summed E-state index contributed by atoms with van der Waals surface area (Å²) in [5.41, 5.74) is -0.219. The molecule has 28 heavy (non-hydrogen) atoms. The van der Waals surface area contributed by atoms with Crippen molar-refractivity contribution in [3.05, 3.63) is 40.9 Å². The lowest BCUT2D eigenvalue weighted by Gasteiger charge is -2.33. The Kier molecular flexibility index (Phi) is 5.69. The molecule has 1 unspecified atom stereocenters. The number of nitrogens with zero attached hydrogens (tertiary/aromatic N) is 1. The third kappa shape index (κ3) is 4.16. The monoisotopic (exact) mass is 415 g/mol. The summed E-state index contributed by atoms with van der Waals surface area (Å²) in [5.74, 6) is -3.62. The van der Waals surface area contributed by atoms with Crippen molar-refractivity contribution in [3.63, 3.8) is 0 Å². The number of carbonyl (C=O) groups excluding carboxylic acids is 2. The van der Waals surface area contributed by atoms with E-state index >= 15 is 0 Å². The highest BCUT2D eigenvalue weighted by Gasteiger charge is 2.42. The van der Waals surface area contributed by atoms with Crippen molar-refractivity contribution in [1.82, 2.24) is 4.90 Å². The number of halogens is 4. The smallest absolute Gasteiger partial charge is 0.393 e. The molecule has 3 rings (SSSR count). The zero-order valence-corrected chi connectivity index (χ0v) is 15.4. The first-order valence-electron chi connectivity index (χ1n) is 8.60. The Morgan fingerprint density at radius 1 is 1.25 bits per heavy atom. The number of aromatic hydroxyl groups is 1. The van der Waals surface area contributed by atoms with Crippen LogP contribution in [0.2, 0.25) is 5.02 Å². The van der Waals surface area contributed by atoms with E-state index in [-0.39, 0.29) is 35.7 Å². The molecule has 1 atom stereocenters. The van der Waals surface area contributed by atoms with Crippen LogP contribution >= 0.6 is 11.6 Å². The Morgan fingerprint density at radius 2 is 1.93 bits per heavy atom. The van der Waals surface area contributed by atoms with Crippen LogP contribution in [0.25, 0.3) is 10.8 Å². The second-order valence-corrected chi connectivity index (χ2v) is 7.00. The van der Waals surface area contributed by atoms with Crippen molar-refractivity contribution < 1.29 is 32.6 Å². The maximum absolute atomic E-state index is 12.9. The fourth-order valence-corrected chi connectivity index (χ4v) is 3.51. The van der Waals surface area contributed by atoms with Crippen LogP contribution in [0.15, 0.2) is 30.3 Å². The Balaban J connectivity index is 1.68. The van der Waals surface area contributed by atoms with Crippen LogP contribution in [0.4, 0.5) is 13.2 Å². The van der Waals surface area contributed by atoms with E-state index in [1.807, 2.05) is 0 Å². The number of benzene rings is 2. The fourth-order valence-electron chi connectivity index (χ4n) is 3.24. The van der Waals surface area contributed by atoms with Gasteiger partial charge in [-0.25, -0.2) is 4.79 Å². The van der Waals surface area contributed by atoms with Crippen molar-refractivity contribution in [2.24, 2.45) is 5.92 Å². The van der Waals surface area contributed by atoms with Crippen LogP contribution in [0.5, 0.6) is 5.75 Å². The van der Waals surface area contributed by atoms with Gasteiger partial charge in [-0.05, 0) is 18.9 Å². The van der Waals surface area contributed by atoms with Crippen molar-refractivity contribution in [2.45, 2.75) is 19.0 Å². The first kappa shape index (κ1) is 20.3. The number of likely N-dealkylation sites (tertiary alicyclic amines) is 1. The number of rotatable bonds is 3. The SMILES string of the molecule is O=C(OCC(=O)N1CCCC(C(F)(F)F)C1)c1cc(Cl)c2ccccc2c1O. The average molecular weight is 416 g/mol. The van der Waals surface area contributed by atoms with Gasteiger partial charge < -0.3 is 14.7 Å². The number of carbonyl (C=O) groups is 2. The molecule has 1 amide bonds. The molecular weight excluding hydrogens is 399 g/mol. The summed E-state index contributed by atoms with van der Waals surface area (Å²) < 4.78 is 43.5. The molecular formula is C19H17ClF3NO4. The van der Waals surface area contributed by atoms with E-state index in [4.69, 9.17) is 16.3 Å². The summed E-state index contributed by atoms with van der Waals surface area (Å²) in [7, 11) is 0. The number of fused-ring (bicyclic) bond motifs is 1. The van der Waals surface area contributed by atoms with Crippen molar-refractivity contribution in [2.75, 3.05) is 19.7 Å². The highest BCUT2D eigenvalue weighted by molar-refractivity contribution is 6.36. The maximum Gasteiger partial charge on any atom is 0.393 e. The molecule has 0 radical (unpaired) electrons. The van der Waals surface area contributed by atoms with Crippen LogP contribution in [0.1, 0.15) is 23.2 Å². The van der Waals surface area contributed by atoms with Crippen LogP contribution < -0.4 is 0 Å². The van der Waals surface area contributed by atoms with Gasteiger partial charge >= 0.3 is 12.1 Å². The van der Waals surface area contributed by atoms with E-state index in [2.05, 4.69) is 0 Å². The Hall–Kier alpha value is -2.48. The van der Waals surface area contributed by atoms with Gasteiger partial charge in [-0.1, -0.05) is 35.9 Å². The van der Waals surface area contributed by atoms with Crippen LogP contribution in [0, 0.1) is 5.92 Å². The molecule has 0 saturated carbocycles. The zero-order valence-electron chi connectivity index (χ0n) is 14.6. The molecule has 1 aliphatic heterocycles. The molecule has 1 N–H and O–H groups in total. The quantitative estimate of drug-likeness (QED) is 0.764. The molecule has 0 aromatic heterocycles. The van der Waals surface area contributed by atoms with Crippen molar-refractivity contribution >= 4 is 34.2 Å². The minimum atomic E-state index is -4.37. The largest absolute Gasteiger partial charge is 0.506 e. The molecule has 2 aromatic rings. The van der Waals surface area contributed by atoms with E-state index in [1.54, 1.807) is 24.3 Å². The molecule has 9 heteroatoms. The summed E-state index contributed by atoms with van der Waals surface area (Å²) in [4.78, 5) is 25.5. The molecule has 1 heterocycles. The third-order valence-corrected chi connectivity index (χ3v) is 5.06. The van der Waals surface area contributed by atoms with Gasteiger partial charge in [-0.2, -0.15) is 13.2 Å². The molecule has 1 saturated heterocycles. The van der Waals surface area contributed by atoms with E-state index in [0.29, 0.717) is 10.8 Å².